The van der Waals surface area contributed by atoms with Crippen LogP contribution in [0.25, 0.3) is 0 Å². The Bertz CT molecular complexity index is 795. The minimum absolute atomic E-state index is 0.136. The van der Waals surface area contributed by atoms with Gasteiger partial charge in [-0.2, -0.15) is 0 Å². The Morgan fingerprint density at radius 1 is 1.23 bits per heavy atom. The first-order valence-electron chi connectivity index (χ1n) is 12.5. The van der Waals surface area contributed by atoms with Crippen LogP contribution in [-0.2, 0) is 0 Å². The van der Waals surface area contributed by atoms with Crippen molar-refractivity contribution < 1.29 is 10.2 Å². The van der Waals surface area contributed by atoms with E-state index in [1.54, 1.807) is 11.1 Å². The van der Waals surface area contributed by atoms with Gasteiger partial charge in [0.25, 0.3) is 0 Å². The molecule has 0 amide bonds. The average molecular weight is 412 g/mol. The summed E-state index contributed by atoms with van der Waals surface area (Å²) in [5.41, 5.74) is 6.51. The lowest BCUT2D eigenvalue weighted by Crippen LogP contribution is -2.52. The Hall–Kier alpha value is -0.900. The van der Waals surface area contributed by atoms with Crippen molar-refractivity contribution in [3.8, 4) is 0 Å². The second-order valence-electron chi connectivity index (χ2n) is 11.5. The molecule has 9 unspecified atom stereocenters. The average Bonchev–Trinajstić information content (AvgIpc) is 3.09. The Labute approximate surface area is 182 Å². The van der Waals surface area contributed by atoms with Crippen LogP contribution in [0.1, 0.15) is 72.6 Å². The number of allylic oxidation sites excluding steroid dienone is 4. The van der Waals surface area contributed by atoms with Gasteiger partial charge in [-0.15, -0.1) is 0 Å². The molecule has 0 bridgehead atoms. The molecular formula is C27H41NO2. The fourth-order valence-corrected chi connectivity index (χ4v) is 7.95. The van der Waals surface area contributed by atoms with Crippen LogP contribution in [0.2, 0.25) is 0 Å². The topological polar surface area (TPSA) is 52.5 Å². The smallest absolute Gasteiger partial charge is 0.0702 e. The monoisotopic (exact) mass is 411 g/mol. The predicted molar refractivity (Wildman–Crippen MR) is 122 cm³/mol. The van der Waals surface area contributed by atoms with E-state index < -0.39 is 0 Å². The minimum atomic E-state index is -0.235. The molecule has 0 aromatic carbocycles. The van der Waals surface area contributed by atoms with E-state index in [4.69, 9.17) is 0 Å². The molecule has 3 nitrogen and oxygen atoms in total. The highest BCUT2D eigenvalue weighted by molar-refractivity contribution is 5.46. The predicted octanol–water partition coefficient (Wildman–Crippen LogP) is 4.76. The second-order valence-corrected chi connectivity index (χ2v) is 11.5. The summed E-state index contributed by atoms with van der Waals surface area (Å²) in [6.07, 6.45) is 12.3. The van der Waals surface area contributed by atoms with Gasteiger partial charge in [-0.3, -0.25) is 0 Å². The van der Waals surface area contributed by atoms with Crippen molar-refractivity contribution in [3.05, 3.63) is 34.4 Å². The lowest BCUT2D eigenvalue weighted by atomic mass is 9.56. The van der Waals surface area contributed by atoms with Gasteiger partial charge in [0.05, 0.1) is 12.2 Å². The molecule has 2 fully saturated rings. The number of rotatable bonds is 2. The van der Waals surface area contributed by atoms with E-state index >= 15 is 0 Å². The summed E-state index contributed by atoms with van der Waals surface area (Å²) >= 11 is 0. The largest absolute Gasteiger partial charge is 0.393 e. The first-order valence-corrected chi connectivity index (χ1v) is 12.5. The number of aliphatic hydroxyl groups excluding tert-OH is 2. The van der Waals surface area contributed by atoms with Crippen molar-refractivity contribution >= 4 is 0 Å². The van der Waals surface area contributed by atoms with E-state index in [1.165, 1.54) is 30.4 Å². The molecule has 0 aromatic heterocycles. The van der Waals surface area contributed by atoms with E-state index in [2.05, 4.69) is 45.2 Å². The zero-order valence-electron chi connectivity index (χ0n) is 19.3. The third-order valence-corrected chi connectivity index (χ3v) is 9.78. The molecule has 0 aromatic rings. The summed E-state index contributed by atoms with van der Waals surface area (Å²) in [4.78, 5) is 0. The SMILES string of the molecule is CC1=C(C(C)C2NCC(C)CC2O)CCC2C1=CC1C2CC=C2CC(O)CCC21C. The number of aliphatic hydroxyl groups is 2. The second kappa shape index (κ2) is 7.60. The summed E-state index contributed by atoms with van der Waals surface area (Å²) in [5, 5.41) is 24.6. The third-order valence-electron chi connectivity index (χ3n) is 9.78. The summed E-state index contributed by atoms with van der Waals surface area (Å²) < 4.78 is 0. The van der Waals surface area contributed by atoms with Gasteiger partial charge in [0.15, 0.2) is 0 Å². The molecule has 1 saturated carbocycles. The standard InChI is InChI=1S/C27H41NO2/c1-15-11-25(30)26(28-14-15)17(3)20-7-8-21-22-6-5-18-12-19(29)9-10-27(18,4)24(22)13-23(21)16(20)2/h5,13,15,17,19,21-22,24-26,28-30H,6-12,14H2,1-4H3. The van der Waals surface area contributed by atoms with Gasteiger partial charge >= 0.3 is 0 Å². The quantitative estimate of drug-likeness (QED) is 0.574. The normalized spacial score (nSPS) is 47.1. The van der Waals surface area contributed by atoms with Crippen LogP contribution in [-0.4, -0.2) is 35.0 Å². The van der Waals surface area contributed by atoms with Crippen LogP contribution in [0.4, 0.5) is 0 Å². The molecule has 166 valence electrons. The molecule has 9 atom stereocenters. The fourth-order valence-electron chi connectivity index (χ4n) is 7.95. The molecular weight excluding hydrogens is 370 g/mol. The van der Waals surface area contributed by atoms with Gasteiger partial charge in [0.2, 0.25) is 0 Å². The van der Waals surface area contributed by atoms with Gasteiger partial charge in [-0.05, 0) is 105 Å². The summed E-state index contributed by atoms with van der Waals surface area (Å²) in [7, 11) is 0. The Kier molecular flexibility index (Phi) is 5.31. The van der Waals surface area contributed by atoms with Crippen LogP contribution >= 0.6 is 0 Å². The van der Waals surface area contributed by atoms with Crippen molar-refractivity contribution in [1.82, 2.24) is 5.32 Å². The maximum atomic E-state index is 10.7. The fraction of sp³-hybridized carbons (Fsp3) is 0.778. The zero-order valence-corrected chi connectivity index (χ0v) is 19.3. The molecule has 1 heterocycles. The van der Waals surface area contributed by atoms with Crippen LogP contribution < -0.4 is 5.32 Å². The minimum Gasteiger partial charge on any atom is -0.393 e. The van der Waals surface area contributed by atoms with E-state index in [0.717, 1.165) is 38.1 Å². The number of nitrogens with one attached hydrogen (secondary N) is 1. The van der Waals surface area contributed by atoms with Crippen LogP contribution in [0.3, 0.4) is 0 Å². The van der Waals surface area contributed by atoms with Crippen molar-refractivity contribution in [2.75, 3.05) is 6.54 Å². The molecule has 0 radical (unpaired) electrons. The summed E-state index contributed by atoms with van der Waals surface area (Å²) in [5.74, 6) is 3.04. The number of piperidine rings is 1. The lowest BCUT2D eigenvalue weighted by molar-refractivity contribution is 0.0571. The van der Waals surface area contributed by atoms with Gasteiger partial charge in [-0.1, -0.05) is 44.1 Å². The first kappa shape index (κ1) is 21.0. The van der Waals surface area contributed by atoms with E-state index in [-0.39, 0.29) is 23.7 Å². The van der Waals surface area contributed by atoms with Gasteiger partial charge in [-0.25, -0.2) is 0 Å². The van der Waals surface area contributed by atoms with E-state index in [9.17, 15) is 10.2 Å². The Morgan fingerprint density at radius 3 is 2.80 bits per heavy atom. The van der Waals surface area contributed by atoms with Crippen molar-refractivity contribution in [2.24, 2.45) is 35.0 Å². The van der Waals surface area contributed by atoms with E-state index in [0.29, 0.717) is 23.7 Å². The van der Waals surface area contributed by atoms with Gasteiger partial charge in [0.1, 0.15) is 0 Å². The highest BCUT2D eigenvalue weighted by atomic mass is 16.3. The molecule has 4 aliphatic carbocycles. The van der Waals surface area contributed by atoms with Crippen molar-refractivity contribution in [1.29, 1.82) is 0 Å². The molecule has 1 saturated heterocycles. The van der Waals surface area contributed by atoms with Gasteiger partial charge < -0.3 is 15.5 Å². The van der Waals surface area contributed by atoms with Crippen LogP contribution in [0.5, 0.6) is 0 Å². The molecule has 3 N–H and O–H groups in total. The number of fused-ring (bicyclic) bond motifs is 5. The highest BCUT2D eigenvalue weighted by Crippen LogP contribution is 2.61. The third kappa shape index (κ3) is 3.19. The lowest BCUT2D eigenvalue weighted by Gasteiger charge is -2.49. The molecule has 30 heavy (non-hydrogen) atoms. The maximum Gasteiger partial charge on any atom is 0.0702 e. The van der Waals surface area contributed by atoms with Gasteiger partial charge in [0, 0.05) is 6.04 Å². The summed E-state index contributed by atoms with van der Waals surface area (Å²) in [6, 6.07) is 0.192. The van der Waals surface area contributed by atoms with Crippen molar-refractivity contribution in [2.45, 2.75) is 90.9 Å². The van der Waals surface area contributed by atoms with Crippen LogP contribution in [0.15, 0.2) is 34.4 Å². The molecule has 5 rings (SSSR count). The molecule has 5 aliphatic rings. The first-order chi connectivity index (χ1) is 14.3. The van der Waals surface area contributed by atoms with E-state index in [1.807, 2.05) is 0 Å². The highest BCUT2D eigenvalue weighted by Gasteiger charge is 2.52. The van der Waals surface area contributed by atoms with Crippen LogP contribution in [0, 0.1) is 35.0 Å². The number of hydrogen-bond donors (Lipinski definition) is 3. The Balaban J connectivity index is 1.43. The molecule has 1 aliphatic heterocycles. The molecule has 0 spiro atoms. The molecule has 3 heteroatoms. The summed E-state index contributed by atoms with van der Waals surface area (Å²) in [6.45, 7) is 10.4. The number of hydrogen-bond acceptors (Lipinski definition) is 3. The zero-order chi connectivity index (χ0) is 21.2. The van der Waals surface area contributed by atoms with Crippen molar-refractivity contribution in [3.63, 3.8) is 0 Å². The maximum absolute atomic E-state index is 10.7. The Morgan fingerprint density at radius 2 is 2.03 bits per heavy atom.